The number of hydrogen-bond donors (Lipinski definition) is 0. The first-order valence-corrected chi connectivity index (χ1v) is 4.86. The van der Waals surface area contributed by atoms with Gasteiger partial charge in [-0.25, -0.2) is 9.79 Å². The number of carbonyl (C=O) groups excluding carboxylic acids is 1. The van der Waals surface area contributed by atoms with Crippen LogP contribution >= 0.6 is 0 Å². The third kappa shape index (κ3) is 1.95. The minimum atomic E-state index is 0.251. The maximum absolute atomic E-state index is 10.2. The standard InChI is InChI=1S/C10H17NO/c1-3-9-6-4-5-8(2)10(9)11-7-12/h8-10H,3-6H2,1-2H3. The zero-order chi connectivity index (χ0) is 8.97. The normalized spacial score (nSPS) is 35.7. The average molecular weight is 167 g/mol. The maximum Gasteiger partial charge on any atom is 0.235 e. The molecule has 0 aromatic rings. The largest absolute Gasteiger partial charge is 0.235 e. The van der Waals surface area contributed by atoms with E-state index in [2.05, 4.69) is 18.8 Å². The van der Waals surface area contributed by atoms with Crippen LogP contribution < -0.4 is 0 Å². The predicted molar refractivity (Wildman–Crippen MR) is 48.7 cm³/mol. The first-order chi connectivity index (χ1) is 5.79. The summed E-state index contributed by atoms with van der Waals surface area (Å²) < 4.78 is 0. The Labute approximate surface area is 74.1 Å². The van der Waals surface area contributed by atoms with Crippen molar-refractivity contribution in [2.24, 2.45) is 16.8 Å². The van der Waals surface area contributed by atoms with Crippen molar-refractivity contribution in [3.05, 3.63) is 0 Å². The lowest BCUT2D eigenvalue weighted by molar-refractivity contribution is 0.231. The molecule has 1 aliphatic carbocycles. The molecule has 2 heteroatoms. The molecule has 0 N–H and O–H groups in total. The first kappa shape index (κ1) is 9.47. The molecule has 1 rings (SSSR count). The van der Waals surface area contributed by atoms with Gasteiger partial charge in [0.2, 0.25) is 6.08 Å². The Kier molecular flexibility index (Phi) is 3.48. The molecule has 0 saturated heterocycles. The molecule has 0 aromatic carbocycles. The molecule has 68 valence electrons. The van der Waals surface area contributed by atoms with Crippen molar-refractivity contribution in [2.75, 3.05) is 0 Å². The Morgan fingerprint density at radius 3 is 2.83 bits per heavy atom. The fraction of sp³-hybridized carbons (Fsp3) is 0.900. The van der Waals surface area contributed by atoms with Gasteiger partial charge in [0.15, 0.2) is 0 Å². The molecule has 1 saturated carbocycles. The van der Waals surface area contributed by atoms with Crippen molar-refractivity contribution in [2.45, 2.75) is 45.6 Å². The number of nitrogens with zero attached hydrogens (tertiary/aromatic N) is 1. The second-order valence-electron chi connectivity index (χ2n) is 3.79. The first-order valence-electron chi connectivity index (χ1n) is 4.86. The Bertz CT molecular complexity index is 184. The van der Waals surface area contributed by atoms with E-state index in [-0.39, 0.29) is 6.04 Å². The summed E-state index contributed by atoms with van der Waals surface area (Å²) >= 11 is 0. The van der Waals surface area contributed by atoms with E-state index in [0.717, 1.165) is 6.42 Å². The lowest BCUT2D eigenvalue weighted by atomic mass is 9.77. The van der Waals surface area contributed by atoms with Crippen LogP contribution in [0, 0.1) is 11.8 Å². The third-order valence-corrected chi connectivity index (χ3v) is 3.03. The molecular weight excluding hydrogens is 150 g/mol. The molecule has 1 aliphatic rings. The summed E-state index contributed by atoms with van der Waals surface area (Å²) in [4.78, 5) is 14.1. The summed E-state index contributed by atoms with van der Waals surface area (Å²) in [6, 6.07) is 0.251. The van der Waals surface area contributed by atoms with Crippen LogP contribution in [0.3, 0.4) is 0 Å². The van der Waals surface area contributed by atoms with E-state index in [1.54, 1.807) is 6.08 Å². The Hall–Kier alpha value is -0.620. The average Bonchev–Trinajstić information content (AvgIpc) is 2.09. The molecule has 0 bridgehead atoms. The van der Waals surface area contributed by atoms with Crippen molar-refractivity contribution in [1.82, 2.24) is 0 Å². The van der Waals surface area contributed by atoms with E-state index in [4.69, 9.17) is 0 Å². The van der Waals surface area contributed by atoms with Crippen molar-refractivity contribution in [3.63, 3.8) is 0 Å². The van der Waals surface area contributed by atoms with E-state index < -0.39 is 0 Å². The summed E-state index contributed by atoms with van der Waals surface area (Å²) in [7, 11) is 0. The molecule has 0 aliphatic heterocycles. The van der Waals surface area contributed by atoms with Gasteiger partial charge in [-0.2, -0.15) is 0 Å². The number of isocyanates is 1. The molecular formula is C10H17NO. The quantitative estimate of drug-likeness (QED) is 0.459. The van der Waals surface area contributed by atoms with E-state index in [1.165, 1.54) is 19.3 Å². The smallest absolute Gasteiger partial charge is 0.211 e. The molecule has 3 unspecified atom stereocenters. The highest BCUT2D eigenvalue weighted by atomic mass is 16.1. The molecule has 0 amide bonds. The lowest BCUT2D eigenvalue weighted by Crippen LogP contribution is -2.29. The SMILES string of the molecule is CCC1CCCC(C)C1N=C=O. The zero-order valence-corrected chi connectivity index (χ0v) is 7.92. The topological polar surface area (TPSA) is 29.4 Å². The molecule has 0 radical (unpaired) electrons. The van der Waals surface area contributed by atoms with Gasteiger partial charge in [0.25, 0.3) is 0 Å². The van der Waals surface area contributed by atoms with Gasteiger partial charge in [0.05, 0.1) is 6.04 Å². The van der Waals surface area contributed by atoms with Crippen LogP contribution in [-0.2, 0) is 4.79 Å². The Balaban J connectivity index is 2.65. The number of rotatable bonds is 2. The molecule has 2 nitrogen and oxygen atoms in total. The van der Waals surface area contributed by atoms with Crippen LogP contribution in [0.25, 0.3) is 0 Å². The van der Waals surface area contributed by atoms with E-state index in [0.29, 0.717) is 11.8 Å². The van der Waals surface area contributed by atoms with Crippen molar-refractivity contribution < 1.29 is 4.79 Å². The van der Waals surface area contributed by atoms with Crippen LogP contribution in [0.4, 0.5) is 0 Å². The fourth-order valence-corrected chi connectivity index (χ4v) is 2.25. The van der Waals surface area contributed by atoms with Crippen LogP contribution in [-0.4, -0.2) is 12.1 Å². The molecule has 0 heterocycles. The summed E-state index contributed by atoms with van der Waals surface area (Å²) in [6.45, 7) is 4.36. The van der Waals surface area contributed by atoms with Gasteiger partial charge in [-0.1, -0.05) is 26.7 Å². The van der Waals surface area contributed by atoms with Gasteiger partial charge in [-0.05, 0) is 24.7 Å². The van der Waals surface area contributed by atoms with Gasteiger partial charge in [-0.3, -0.25) is 0 Å². The molecule has 0 aromatic heterocycles. The van der Waals surface area contributed by atoms with Crippen molar-refractivity contribution in [1.29, 1.82) is 0 Å². The lowest BCUT2D eigenvalue weighted by Gasteiger charge is -2.32. The molecule has 1 fully saturated rings. The monoisotopic (exact) mass is 167 g/mol. The highest BCUT2D eigenvalue weighted by Crippen LogP contribution is 2.32. The van der Waals surface area contributed by atoms with Crippen LogP contribution in [0.2, 0.25) is 0 Å². The van der Waals surface area contributed by atoms with Crippen LogP contribution in [0.1, 0.15) is 39.5 Å². The Morgan fingerprint density at radius 1 is 1.50 bits per heavy atom. The highest BCUT2D eigenvalue weighted by molar-refractivity contribution is 5.33. The second kappa shape index (κ2) is 4.42. The number of hydrogen-bond acceptors (Lipinski definition) is 2. The highest BCUT2D eigenvalue weighted by Gasteiger charge is 2.28. The predicted octanol–water partition coefficient (Wildman–Crippen LogP) is 2.54. The van der Waals surface area contributed by atoms with E-state index in [1.807, 2.05) is 0 Å². The maximum atomic E-state index is 10.2. The van der Waals surface area contributed by atoms with Crippen molar-refractivity contribution in [3.8, 4) is 0 Å². The van der Waals surface area contributed by atoms with Gasteiger partial charge in [0.1, 0.15) is 0 Å². The molecule has 12 heavy (non-hydrogen) atoms. The van der Waals surface area contributed by atoms with Gasteiger partial charge in [0, 0.05) is 0 Å². The minimum absolute atomic E-state index is 0.251. The summed E-state index contributed by atoms with van der Waals surface area (Å²) in [5, 5.41) is 0. The van der Waals surface area contributed by atoms with Gasteiger partial charge in [-0.15, -0.1) is 0 Å². The fourth-order valence-electron chi connectivity index (χ4n) is 2.25. The molecule has 3 atom stereocenters. The summed E-state index contributed by atoms with van der Waals surface area (Å²) in [5.41, 5.74) is 0. The number of aliphatic imine (C=N–C) groups is 1. The van der Waals surface area contributed by atoms with E-state index in [9.17, 15) is 4.79 Å². The van der Waals surface area contributed by atoms with Crippen LogP contribution in [0.5, 0.6) is 0 Å². The summed E-state index contributed by atoms with van der Waals surface area (Å²) in [5.74, 6) is 1.19. The van der Waals surface area contributed by atoms with E-state index >= 15 is 0 Å². The van der Waals surface area contributed by atoms with Gasteiger partial charge >= 0.3 is 0 Å². The summed E-state index contributed by atoms with van der Waals surface area (Å²) in [6.07, 6.45) is 6.59. The minimum Gasteiger partial charge on any atom is -0.211 e. The van der Waals surface area contributed by atoms with Crippen LogP contribution in [0.15, 0.2) is 4.99 Å². The third-order valence-electron chi connectivity index (χ3n) is 3.03. The zero-order valence-electron chi connectivity index (χ0n) is 7.92. The van der Waals surface area contributed by atoms with Crippen molar-refractivity contribution >= 4 is 6.08 Å². The molecule has 0 spiro atoms. The van der Waals surface area contributed by atoms with Gasteiger partial charge < -0.3 is 0 Å². The second-order valence-corrected chi connectivity index (χ2v) is 3.79. The Morgan fingerprint density at radius 2 is 2.25 bits per heavy atom.